The van der Waals surface area contributed by atoms with Gasteiger partial charge in [-0.1, -0.05) is 12.1 Å². The molecule has 2 N–H and O–H groups in total. The Bertz CT molecular complexity index is 610. The number of nitrogens with one attached hydrogen (secondary N) is 2. The van der Waals surface area contributed by atoms with Crippen LogP contribution in [0, 0.1) is 0 Å². The summed E-state index contributed by atoms with van der Waals surface area (Å²) in [6, 6.07) is 5.02. The van der Waals surface area contributed by atoms with Gasteiger partial charge in [-0.15, -0.1) is 0 Å². The van der Waals surface area contributed by atoms with E-state index in [1.54, 1.807) is 12.1 Å². The Morgan fingerprint density at radius 3 is 2.29 bits per heavy atom. The van der Waals surface area contributed by atoms with Crippen LogP contribution in [0.5, 0.6) is 0 Å². The fraction of sp³-hybridized carbons (Fsp3) is 0.385. The Morgan fingerprint density at radius 1 is 1.24 bits per heavy atom. The number of methoxy groups -OCH3 is 1. The second-order valence-electron chi connectivity index (χ2n) is 4.42. The molecule has 8 heteroatoms. The van der Waals surface area contributed by atoms with Crippen molar-refractivity contribution in [3.63, 3.8) is 0 Å². The summed E-state index contributed by atoms with van der Waals surface area (Å²) in [5.74, 6) is -0.832. The molecule has 116 valence electrons. The summed E-state index contributed by atoms with van der Waals surface area (Å²) in [4.78, 5) is 22.1. The van der Waals surface area contributed by atoms with Gasteiger partial charge in [0.05, 0.1) is 12.0 Å². The summed E-state index contributed by atoms with van der Waals surface area (Å²) < 4.78 is 30.8. The van der Waals surface area contributed by atoms with E-state index in [1.165, 1.54) is 33.1 Å². The Kier molecular flexibility index (Phi) is 5.86. The molecule has 1 amide bonds. The van der Waals surface area contributed by atoms with Gasteiger partial charge in [-0.3, -0.25) is 9.59 Å². The van der Waals surface area contributed by atoms with Gasteiger partial charge in [-0.25, -0.2) is 8.42 Å². The highest BCUT2D eigenvalue weighted by Crippen LogP contribution is 2.11. The minimum absolute atomic E-state index is 0.0322. The molecule has 7 nitrogen and oxygen atoms in total. The molecule has 0 saturated heterocycles. The zero-order valence-corrected chi connectivity index (χ0v) is 12.9. The average molecular weight is 314 g/mol. The summed E-state index contributed by atoms with van der Waals surface area (Å²) in [5.41, 5.74) is 0.769. The summed E-state index contributed by atoms with van der Waals surface area (Å²) in [5, 5.41) is 2.61. The summed E-state index contributed by atoms with van der Waals surface area (Å²) >= 11 is 0. The predicted molar refractivity (Wildman–Crippen MR) is 75.8 cm³/mol. The third-order valence-electron chi connectivity index (χ3n) is 2.66. The van der Waals surface area contributed by atoms with Crippen molar-refractivity contribution >= 4 is 21.9 Å². The second-order valence-corrected chi connectivity index (χ2v) is 6.13. The van der Waals surface area contributed by atoms with Crippen LogP contribution in [0.1, 0.15) is 19.4 Å². The van der Waals surface area contributed by atoms with Gasteiger partial charge < -0.3 is 10.1 Å². The molecule has 0 aliphatic rings. The van der Waals surface area contributed by atoms with Crippen LogP contribution in [-0.4, -0.2) is 33.4 Å². The number of carbonyl (C=O) groups excluding carboxylic acids is 2. The van der Waals surface area contributed by atoms with E-state index < -0.39 is 22.0 Å². The van der Waals surface area contributed by atoms with E-state index in [9.17, 15) is 18.0 Å². The van der Waals surface area contributed by atoms with Crippen molar-refractivity contribution in [1.82, 2.24) is 10.0 Å². The molecule has 0 saturated carbocycles. The fourth-order valence-corrected chi connectivity index (χ4v) is 2.73. The van der Waals surface area contributed by atoms with Crippen molar-refractivity contribution in [2.75, 3.05) is 7.11 Å². The molecule has 0 fully saturated rings. The molecule has 0 heterocycles. The minimum Gasteiger partial charge on any atom is -0.468 e. The van der Waals surface area contributed by atoms with Crippen LogP contribution in [0.3, 0.4) is 0 Å². The maximum absolute atomic E-state index is 12.1. The highest BCUT2D eigenvalue weighted by Gasteiger charge is 2.22. The van der Waals surface area contributed by atoms with Crippen molar-refractivity contribution < 1.29 is 22.7 Å². The van der Waals surface area contributed by atoms with E-state index in [0.29, 0.717) is 6.54 Å². The Balaban J connectivity index is 2.80. The number of carbonyl (C=O) groups is 2. The highest BCUT2D eigenvalue weighted by molar-refractivity contribution is 7.89. The first-order valence-corrected chi connectivity index (χ1v) is 7.68. The van der Waals surface area contributed by atoms with Gasteiger partial charge in [-0.2, -0.15) is 4.72 Å². The van der Waals surface area contributed by atoms with Gasteiger partial charge in [0.25, 0.3) is 0 Å². The Morgan fingerprint density at radius 2 is 1.81 bits per heavy atom. The third-order valence-corrected chi connectivity index (χ3v) is 4.22. The van der Waals surface area contributed by atoms with Gasteiger partial charge in [-0.05, 0) is 24.6 Å². The summed E-state index contributed by atoms with van der Waals surface area (Å²) in [6.07, 6.45) is 0. The van der Waals surface area contributed by atoms with E-state index in [-0.39, 0.29) is 10.8 Å². The van der Waals surface area contributed by atoms with Crippen molar-refractivity contribution in [2.24, 2.45) is 0 Å². The number of hydrogen-bond donors (Lipinski definition) is 2. The summed E-state index contributed by atoms with van der Waals surface area (Å²) in [7, 11) is -2.62. The molecule has 0 aliphatic carbocycles. The molecule has 1 aromatic carbocycles. The number of esters is 1. The zero-order chi connectivity index (χ0) is 16.0. The molecule has 1 unspecified atom stereocenters. The molecule has 0 radical (unpaired) electrons. The standard InChI is InChI=1S/C13H18N2O5S/c1-9(13(17)20-3)15-21(18,19)12-6-4-11(5-7-12)8-14-10(2)16/h4-7,9,15H,8H2,1-3H3,(H,14,16). The predicted octanol–water partition coefficient (Wildman–Crippen LogP) is 0.162. The molecule has 0 aromatic heterocycles. The molecule has 0 bridgehead atoms. The van der Waals surface area contributed by atoms with Crippen molar-refractivity contribution in [1.29, 1.82) is 0 Å². The lowest BCUT2D eigenvalue weighted by molar-refractivity contribution is -0.142. The maximum Gasteiger partial charge on any atom is 0.323 e. The van der Waals surface area contributed by atoms with Crippen LogP contribution in [-0.2, 0) is 30.9 Å². The smallest absolute Gasteiger partial charge is 0.323 e. The highest BCUT2D eigenvalue weighted by atomic mass is 32.2. The van der Waals surface area contributed by atoms with E-state index in [1.807, 2.05) is 0 Å². The van der Waals surface area contributed by atoms with Crippen molar-refractivity contribution in [2.45, 2.75) is 31.3 Å². The molecule has 0 spiro atoms. The van der Waals surface area contributed by atoms with E-state index in [4.69, 9.17) is 0 Å². The van der Waals surface area contributed by atoms with Crippen LogP contribution in [0.25, 0.3) is 0 Å². The molecule has 1 atom stereocenters. The lowest BCUT2D eigenvalue weighted by Crippen LogP contribution is -2.39. The fourth-order valence-electron chi connectivity index (χ4n) is 1.54. The van der Waals surface area contributed by atoms with Crippen LogP contribution in [0.15, 0.2) is 29.2 Å². The number of amides is 1. The first-order chi connectivity index (χ1) is 9.76. The van der Waals surface area contributed by atoms with E-state index >= 15 is 0 Å². The lowest BCUT2D eigenvalue weighted by Gasteiger charge is -2.12. The van der Waals surface area contributed by atoms with E-state index in [2.05, 4.69) is 14.8 Å². The second kappa shape index (κ2) is 7.19. The Hall–Kier alpha value is -1.93. The maximum atomic E-state index is 12.1. The molecule has 1 rings (SSSR count). The molecule has 0 aliphatic heterocycles. The molecular weight excluding hydrogens is 296 g/mol. The number of ether oxygens (including phenoxy) is 1. The topological polar surface area (TPSA) is 102 Å². The largest absolute Gasteiger partial charge is 0.468 e. The Labute approximate surface area is 123 Å². The van der Waals surface area contributed by atoms with Crippen LogP contribution < -0.4 is 10.0 Å². The van der Waals surface area contributed by atoms with Gasteiger partial charge >= 0.3 is 5.97 Å². The summed E-state index contributed by atoms with van der Waals surface area (Å²) in [6.45, 7) is 3.12. The third kappa shape index (κ3) is 5.16. The van der Waals surface area contributed by atoms with Crippen LogP contribution in [0.2, 0.25) is 0 Å². The minimum atomic E-state index is -3.80. The van der Waals surface area contributed by atoms with E-state index in [0.717, 1.165) is 5.56 Å². The molecule has 21 heavy (non-hydrogen) atoms. The molecule has 1 aromatic rings. The quantitative estimate of drug-likeness (QED) is 0.729. The van der Waals surface area contributed by atoms with Crippen molar-refractivity contribution in [3.05, 3.63) is 29.8 Å². The van der Waals surface area contributed by atoms with Crippen LogP contribution >= 0.6 is 0 Å². The van der Waals surface area contributed by atoms with Gasteiger partial charge in [0.1, 0.15) is 6.04 Å². The normalized spacial score (nSPS) is 12.5. The lowest BCUT2D eigenvalue weighted by atomic mass is 10.2. The first-order valence-electron chi connectivity index (χ1n) is 6.20. The number of benzene rings is 1. The molecular formula is C13H18N2O5S. The monoisotopic (exact) mass is 314 g/mol. The SMILES string of the molecule is COC(=O)C(C)NS(=O)(=O)c1ccc(CNC(C)=O)cc1. The van der Waals surface area contributed by atoms with Gasteiger partial charge in [0.15, 0.2) is 0 Å². The number of hydrogen-bond acceptors (Lipinski definition) is 5. The van der Waals surface area contributed by atoms with Gasteiger partial charge in [0, 0.05) is 13.5 Å². The zero-order valence-electron chi connectivity index (χ0n) is 12.0. The average Bonchev–Trinajstić information content (AvgIpc) is 2.44. The number of rotatable bonds is 6. The van der Waals surface area contributed by atoms with Crippen LogP contribution in [0.4, 0.5) is 0 Å². The van der Waals surface area contributed by atoms with Gasteiger partial charge in [0.2, 0.25) is 15.9 Å². The first kappa shape index (κ1) is 17.1. The number of sulfonamides is 1. The van der Waals surface area contributed by atoms with Crippen molar-refractivity contribution in [3.8, 4) is 0 Å².